The van der Waals surface area contributed by atoms with Crippen molar-refractivity contribution < 1.29 is 0 Å². The molecule has 3 nitrogen and oxygen atoms in total. The molecule has 0 aliphatic heterocycles. The molecule has 0 aromatic heterocycles. The van der Waals surface area contributed by atoms with Crippen LogP contribution >= 0.6 is 12.6 Å². The summed E-state index contributed by atoms with van der Waals surface area (Å²) in [5.41, 5.74) is 16.3. The minimum atomic E-state index is 0.251. The molecule has 0 aromatic rings. The predicted octanol–water partition coefficient (Wildman–Crippen LogP) is -0.482. The van der Waals surface area contributed by atoms with E-state index in [0.29, 0.717) is 5.75 Å². The molecule has 4 heteroatoms. The minimum Gasteiger partial charge on any atom is -0.404 e. The summed E-state index contributed by atoms with van der Waals surface area (Å²) < 4.78 is 0. The maximum atomic E-state index is 5.16. The summed E-state index contributed by atoms with van der Waals surface area (Å²) in [5.74, 6) is 0.801. The van der Waals surface area contributed by atoms with Gasteiger partial charge in [-0.15, -0.1) is 0 Å². The van der Waals surface area contributed by atoms with Crippen molar-refractivity contribution in [1.82, 2.24) is 0 Å². The Bertz CT molecular complexity index is 135. The van der Waals surface area contributed by atoms with E-state index >= 15 is 0 Å². The van der Waals surface area contributed by atoms with Gasteiger partial charge in [0.2, 0.25) is 0 Å². The Kier molecular flexibility index (Phi) is 3.79. The predicted molar refractivity (Wildman–Crippen MR) is 42.6 cm³/mol. The van der Waals surface area contributed by atoms with Crippen LogP contribution in [-0.2, 0) is 0 Å². The van der Waals surface area contributed by atoms with E-state index < -0.39 is 0 Å². The molecule has 6 N–H and O–H groups in total. The highest BCUT2D eigenvalue weighted by atomic mass is 32.1. The number of thiol groups is 1. The number of allylic oxidation sites excluding steroid dienone is 1. The lowest BCUT2D eigenvalue weighted by atomic mass is 10.3. The molecule has 0 aliphatic rings. The second-order valence-corrected chi connectivity index (χ2v) is 1.86. The fraction of sp³-hybridized carbons (Fsp3) is 0.200. The van der Waals surface area contributed by atoms with Crippen LogP contribution in [0.15, 0.2) is 23.7 Å². The standard InChI is InChI=1S/C5H11N3S/c6-2-4(3-9)1-5(7)8/h1-2,9H,3,6-8H2/b4-2+. The Morgan fingerprint density at radius 1 is 1.44 bits per heavy atom. The summed E-state index contributed by atoms with van der Waals surface area (Å²) >= 11 is 3.97. The number of rotatable bonds is 2. The molecular weight excluding hydrogens is 134 g/mol. The zero-order valence-electron chi connectivity index (χ0n) is 5.04. The van der Waals surface area contributed by atoms with Crippen molar-refractivity contribution >= 4 is 12.6 Å². The van der Waals surface area contributed by atoms with Crippen LogP contribution in [0.25, 0.3) is 0 Å². The van der Waals surface area contributed by atoms with Crippen molar-refractivity contribution in [3.63, 3.8) is 0 Å². The van der Waals surface area contributed by atoms with E-state index in [-0.39, 0.29) is 5.82 Å². The molecule has 0 bridgehead atoms. The fourth-order valence-electron chi connectivity index (χ4n) is 0.361. The quantitative estimate of drug-likeness (QED) is 0.313. The summed E-state index contributed by atoms with van der Waals surface area (Å²) in [6.07, 6.45) is 3.00. The Morgan fingerprint density at radius 3 is 2.11 bits per heavy atom. The Hall–Kier alpha value is -0.770. The molecule has 0 saturated heterocycles. The van der Waals surface area contributed by atoms with Gasteiger partial charge in [0.1, 0.15) is 0 Å². The third-order valence-corrected chi connectivity index (χ3v) is 1.11. The van der Waals surface area contributed by atoms with E-state index in [0.717, 1.165) is 5.57 Å². The van der Waals surface area contributed by atoms with E-state index in [4.69, 9.17) is 17.2 Å². The second kappa shape index (κ2) is 4.14. The van der Waals surface area contributed by atoms with Crippen molar-refractivity contribution in [2.75, 3.05) is 5.75 Å². The fourth-order valence-corrected chi connectivity index (χ4v) is 0.557. The van der Waals surface area contributed by atoms with Crippen LogP contribution in [0.3, 0.4) is 0 Å². The molecule has 52 valence electrons. The van der Waals surface area contributed by atoms with Crippen molar-refractivity contribution in [3.8, 4) is 0 Å². The lowest BCUT2D eigenvalue weighted by Crippen LogP contribution is -2.08. The number of hydrogen-bond donors (Lipinski definition) is 4. The van der Waals surface area contributed by atoms with Crippen LogP contribution in [0.2, 0.25) is 0 Å². The van der Waals surface area contributed by atoms with Gasteiger partial charge >= 0.3 is 0 Å². The highest BCUT2D eigenvalue weighted by molar-refractivity contribution is 7.80. The van der Waals surface area contributed by atoms with Gasteiger partial charge in [-0.25, -0.2) is 0 Å². The van der Waals surface area contributed by atoms with Crippen LogP contribution in [-0.4, -0.2) is 5.75 Å². The maximum Gasteiger partial charge on any atom is 0.0937 e. The summed E-state index contributed by atoms with van der Waals surface area (Å²) in [6, 6.07) is 0. The van der Waals surface area contributed by atoms with Crippen molar-refractivity contribution in [1.29, 1.82) is 0 Å². The Labute approximate surface area is 60.0 Å². The van der Waals surface area contributed by atoms with Crippen molar-refractivity contribution in [3.05, 3.63) is 23.7 Å². The van der Waals surface area contributed by atoms with Crippen molar-refractivity contribution in [2.24, 2.45) is 17.2 Å². The summed E-state index contributed by atoms with van der Waals surface area (Å²) in [6.45, 7) is 0. The molecule has 0 radical (unpaired) electrons. The van der Waals surface area contributed by atoms with Gasteiger partial charge in [-0.05, 0) is 17.8 Å². The van der Waals surface area contributed by atoms with Crippen LogP contribution in [0.5, 0.6) is 0 Å². The molecule has 0 aromatic carbocycles. The third-order valence-electron chi connectivity index (χ3n) is 0.749. The van der Waals surface area contributed by atoms with E-state index in [9.17, 15) is 0 Å². The monoisotopic (exact) mass is 145 g/mol. The number of hydrogen-bond acceptors (Lipinski definition) is 4. The first-order chi connectivity index (χ1) is 4.20. The summed E-state index contributed by atoms with van der Waals surface area (Å²) in [7, 11) is 0. The first-order valence-corrected chi connectivity index (χ1v) is 3.08. The molecule has 0 spiro atoms. The van der Waals surface area contributed by atoms with Gasteiger partial charge in [-0.3, -0.25) is 0 Å². The second-order valence-electron chi connectivity index (χ2n) is 1.54. The molecule has 0 rings (SSSR count). The smallest absolute Gasteiger partial charge is 0.0937 e. The lowest BCUT2D eigenvalue weighted by Gasteiger charge is -1.93. The normalized spacial score (nSPS) is 11.0. The highest BCUT2D eigenvalue weighted by Crippen LogP contribution is 1.96. The largest absolute Gasteiger partial charge is 0.404 e. The lowest BCUT2D eigenvalue weighted by molar-refractivity contribution is 1.23. The van der Waals surface area contributed by atoms with Gasteiger partial charge in [0.15, 0.2) is 0 Å². The molecule has 0 atom stereocenters. The highest BCUT2D eigenvalue weighted by Gasteiger charge is 1.86. The SMILES string of the molecule is N/C=C(\C=C(N)N)CS. The van der Waals surface area contributed by atoms with E-state index in [2.05, 4.69) is 12.6 Å². The molecule has 0 unspecified atom stereocenters. The van der Waals surface area contributed by atoms with Gasteiger partial charge in [-0.2, -0.15) is 12.6 Å². The molecule has 0 aliphatic carbocycles. The molecule has 9 heavy (non-hydrogen) atoms. The molecule has 0 amide bonds. The van der Waals surface area contributed by atoms with Crippen LogP contribution < -0.4 is 17.2 Å². The zero-order chi connectivity index (χ0) is 7.28. The first-order valence-electron chi connectivity index (χ1n) is 2.45. The van der Waals surface area contributed by atoms with Crippen LogP contribution in [0.4, 0.5) is 0 Å². The number of nitrogens with two attached hydrogens (primary N) is 3. The molecule has 0 fully saturated rings. The Morgan fingerprint density at radius 2 is 2.00 bits per heavy atom. The van der Waals surface area contributed by atoms with Crippen molar-refractivity contribution in [2.45, 2.75) is 0 Å². The van der Waals surface area contributed by atoms with E-state index in [1.807, 2.05) is 0 Å². The van der Waals surface area contributed by atoms with E-state index in [1.54, 1.807) is 6.08 Å². The van der Waals surface area contributed by atoms with Gasteiger partial charge in [0, 0.05) is 5.75 Å². The molecule has 0 heterocycles. The minimum absolute atomic E-state index is 0.251. The maximum absolute atomic E-state index is 5.16. The van der Waals surface area contributed by atoms with Gasteiger partial charge < -0.3 is 17.2 Å². The summed E-state index contributed by atoms with van der Waals surface area (Å²) in [4.78, 5) is 0. The first kappa shape index (κ1) is 8.23. The molecular formula is C5H11N3S. The molecule has 0 saturated carbocycles. The topological polar surface area (TPSA) is 78.1 Å². The Balaban J connectivity index is 4.01. The average Bonchev–Trinajstić information content (AvgIpc) is 1.82. The van der Waals surface area contributed by atoms with Gasteiger partial charge in [0.25, 0.3) is 0 Å². The third kappa shape index (κ3) is 3.78. The van der Waals surface area contributed by atoms with Crippen LogP contribution in [0, 0.1) is 0 Å². The van der Waals surface area contributed by atoms with Crippen LogP contribution in [0.1, 0.15) is 0 Å². The van der Waals surface area contributed by atoms with E-state index in [1.165, 1.54) is 6.20 Å². The summed E-state index contributed by atoms with van der Waals surface area (Å²) in [5, 5.41) is 0. The zero-order valence-corrected chi connectivity index (χ0v) is 5.94. The van der Waals surface area contributed by atoms with Gasteiger partial charge in [-0.1, -0.05) is 0 Å². The average molecular weight is 145 g/mol. The van der Waals surface area contributed by atoms with Gasteiger partial charge in [0.05, 0.1) is 5.82 Å².